The molecule has 120 valence electrons. The summed E-state index contributed by atoms with van der Waals surface area (Å²) in [7, 11) is -3.23. The number of hydrogen-bond acceptors (Lipinski definition) is 3. The van der Waals surface area contributed by atoms with Crippen LogP contribution in [0, 0.1) is 13.8 Å². The fourth-order valence-corrected chi connectivity index (χ4v) is 3.69. The maximum atomic E-state index is 12.1. The Kier molecular flexibility index (Phi) is 5.03. The monoisotopic (exact) mass is 322 g/mol. The zero-order chi connectivity index (χ0) is 16.3. The Labute approximate surface area is 130 Å². The molecule has 6 heteroatoms. The molecule has 0 atom stereocenters. The maximum absolute atomic E-state index is 12.1. The van der Waals surface area contributed by atoms with Gasteiger partial charge in [-0.15, -0.1) is 0 Å². The van der Waals surface area contributed by atoms with Gasteiger partial charge >= 0.3 is 0 Å². The van der Waals surface area contributed by atoms with Gasteiger partial charge < -0.3 is 4.98 Å². The predicted octanol–water partition coefficient (Wildman–Crippen LogP) is 2.02. The van der Waals surface area contributed by atoms with E-state index >= 15 is 0 Å². The van der Waals surface area contributed by atoms with Crippen molar-refractivity contribution in [2.45, 2.75) is 33.6 Å². The van der Waals surface area contributed by atoms with Gasteiger partial charge in [0.25, 0.3) is 5.56 Å². The third-order valence-corrected chi connectivity index (χ3v) is 5.15. The first kappa shape index (κ1) is 16.7. The van der Waals surface area contributed by atoms with E-state index in [0.29, 0.717) is 18.4 Å². The van der Waals surface area contributed by atoms with Crippen LogP contribution in [-0.2, 0) is 16.4 Å². The van der Waals surface area contributed by atoms with Crippen LogP contribution in [0.4, 0.5) is 0 Å². The zero-order valence-electron chi connectivity index (χ0n) is 13.2. The van der Waals surface area contributed by atoms with Crippen molar-refractivity contribution in [2.75, 3.05) is 12.3 Å². The van der Waals surface area contributed by atoms with E-state index < -0.39 is 10.0 Å². The number of hydrogen-bond donors (Lipinski definition) is 2. The van der Waals surface area contributed by atoms with Crippen LogP contribution in [0.15, 0.2) is 23.0 Å². The summed E-state index contributed by atoms with van der Waals surface area (Å²) in [6, 6.07) is 5.89. The van der Waals surface area contributed by atoms with Crippen molar-refractivity contribution in [1.82, 2.24) is 9.71 Å². The van der Waals surface area contributed by atoms with Crippen LogP contribution in [0.1, 0.15) is 30.0 Å². The number of H-pyrrole nitrogens is 1. The topological polar surface area (TPSA) is 79.0 Å². The van der Waals surface area contributed by atoms with Gasteiger partial charge in [0.1, 0.15) is 0 Å². The fraction of sp³-hybridized carbons (Fsp3) is 0.438. The van der Waals surface area contributed by atoms with E-state index in [1.165, 1.54) is 0 Å². The van der Waals surface area contributed by atoms with Gasteiger partial charge in [-0.05, 0) is 49.8 Å². The van der Waals surface area contributed by atoms with Crippen molar-refractivity contribution in [1.29, 1.82) is 0 Å². The molecule has 0 fully saturated rings. The molecule has 0 aliphatic heterocycles. The van der Waals surface area contributed by atoms with Gasteiger partial charge in [0.15, 0.2) is 0 Å². The number of fused-ring (bicyclic) bond motifs is 1. The molecular formula is C16H22N2O3S. The van der Waals surface area contributed by atoms with Crippen LogP contribution in [0.2, 0.25) is 0 Å². The van der Waals surface area contributed by atoms with E-state index in [0.717, 1.165) is 22.0 Å². The Morgan fingerprint density at radius 3 is 2.59 bits per heavy atom. The molecule has 1 aromatic heterocycles. The number of nitrogens with one attached hydrogen (secondary N) is 2. The molecule has 0 bridgehead atoms. The molecule has 22 heavy (non-hydrogen) atoms. The summed E-state index contributed by atoms with van der Waals surface area (Å²) in [6.45, 7) is 6.03. The standard InChI is InChI=1S/C16H22N2O3S/c1-4-7-22(20,21)17-6-5-13-10-14-9-11(2)8-12(3)15(14)18-16(13)19/h8-10,17H,4-7H2,1-3H3,(H,18,19). The molecule has 2 rings (SSSR count). The summed E-state index contributed by atoms with van der Waals surface area (Å²) < 4.78 is 25.7. The molecule has 0 saturated carbocycles. The second kappa shape index (κ2) is 6.62. The van der Waals surface area contributed by atoms with E-state index in [1.807, 2.05) is 39.0 Å². The molecule has 0 aliphatic carbocycles. The van der Waals surface area contributed by atoms with Crippen molar-refractivity contribution in [2.24, 2.45) is 0 Å². The Morgan fingerprint density at radius 1 is 1.18 bits per heavy atom. The minimum absolute atomic E-state index is 0.111. The third-order valence-electron chi connectivity index (χ3n) is 3.56. The summed E-state index contributed by atoms with van der Waals surface area (Å²) in [5.74, 6) is 0.111. The first-order valence-electron chi connectivity index (χ1n) is 7.43. The van der Waals surface area contributed by atoms with E-state index in [2.05, 4.69) is 9.71 Å². The van der Waals surface area contributed by atoms with E-state index in [1.54, 1.807) is 0 Å². The maximum Gasteiger partial charge on any atom is 0.251 e. The van der Waals surface area contributed by atoms with Crippen LogP contribution in [0.5, 0.6) is 0 Å². The lowest BCUT2D eigenvalue weighted by Gasteiger charge is -2.08. The Bertz CT molecular complexity index is 838. The Balaban J connectivity index is 2.22. The summed E-state index contributed by atoms with van der Waals surface area (Å²) in [6.07, 6.45) is 0.950. The highest BCUT2D eigenvalue weighted by molar-refractivity contribution is 7.89. The molecule has 2 aromatic rings. The smallest absolute Gasteiger partial charge is 0.251 e. The summed E-state index contributed by atoms with van der Waals surface area (Å²) in [5.41, 5.74) is 3.44. The number of benzene rings is 1. The fourth-order valence-electron chi connectivity index (χ4n) is 2.60. The van der Waals surface area contributed by atoms with Gasteiger partial charge in [-0.25, -0.2) is 13.1 Å². The molecule has 0 unspecified atom stereocenters. The SMILES string of the molecule is CCCS(=O)(=O)NCCc1cc2cc(C)cc(C)c2[nH]c1=O. The van der Waals surface area contributed by atoms with Crippen LogP contribution in [-0.4, -0.2) is 25.7 Å². The van der Waals surface area contributed by atoms with Crippen molar-refractivity contribution < 1.29 is 8.42 Å². The highest BCUT2D eigenvalue weighted by Gasteiger charge is 2.09. The van der Waals surface area contributed by atoms with Gasteiger partial charge in [0.05, 0.1) is 11.3 Å². The van der Waals surface area contributed by atoms with E-state index in [-0.39, 0.29) is 17.9 Å². The van der Waals surface area contributed by atoms with Gasteiger partial charge in [0.2, 0.25) is 10.0 Å². The number of aryl methyl sites for hydroxylation is 2. The lowest BCUT2D eigenvalue weighted by Crippen LogP contribution is -2.29. The quantitative estimate of drug-likeness (QED) is 0.854. The molecule has 0 aliphatic rings. The molecule has 1 aromatic carbocycles. The molecule has 0 saturated heterocycles. The van der Waals surface area contributed by atoms with Gasteiger partial charge in [0, 0.05) is 12.1 Å². The largest absolute Gasteiger partial charge is 0.321 e. The highest BCUT2D eigenvalue weighted by atomic mass is 32.2. The summed E-state index contributed by atoms with van der Waals surface area (Å²) in [4.78, 5) is 15.0. The molecule has 0 amide bonds. The van der Waals surface area contributed by atoms with Crippen LogP contribution < -0.4 is 10.3 Å². The lowest BCUT2D eigenvalue weighted by molar-refractivity contribution is 0.580. The third kappa shape index (κ3) is 3.96. The summed E-state index contributed by atoms with van der Waals surface area (Å²) >= 11 is 0. The number of aromatic amines is 1. The van der Waals surface area contributed by atoms with Crippen LogP contribution in [0.3, 0.4) is 0 Å². The molecule has 2 N–H and O–H groups in total. The predicted molar refractivity (Wildman–Crippen MR) is 89.8 cm³/mol. The minimum atomic E-state index is -3.23. The lowest BCUT2D eigenvalue weighted by atomic mass is 10.0. The van der Waals surface area contributed by atoms with Gasteiger partial charge in [-0.3, -0.25) is 4.79 Å². The van der Waals surface area contributed by atoms with E-state index in [4.69, 9.17) is 0 Å². The Morgan fingerprint density at radius 2 is 1.91 bits per heavy atom. The molecule has 5 nitrogen and oxygen atoms in total. The number of pyridine rings is 1. The number of aromatic nitrogens is 1. The molecule has 0 radical (unpaired) electrons. The van der Waals surface area contributed by atoms with Crippen molar-refractivity contribution >= 4 is 20.9 Å². The Hall–Kier alpha value is -1.66. The molecule has 0 spiro atoms. The molecule has 1 heterocycles. The first-order chi connectivity index (χ1) is 10.3. The second-order valence-corrected chi connectivity index (χ2v) is 7.56. The highest BCUT2D eigenvalue weighted by Crippen LogP contribution is 2.18. The van der Waals surface area contributed by atoms with Crippen molar-refractivity contribution in [3.05, 3.63) is 45.2 Å². The van der Waals surface area contributed by atoms with Gasteiger partial charge in [-0.1, -0.05) is 18.6 Å². The zero-order valence-corrected chi connectivity index (χ0v) is 14.0. The minimum Gasteiger partial charge on any atom is -0.321 e. The number of rotatable bonds is 6. The average molecular weight is 322 g/mol. The first-order valence-corrected chi connectivity index (χ1v) is 9.08. The van der Waals surface area contributed by atoms with Crippen molar-refractivity contribution in [3.63, 3.8) is 0 Å². The van der Waals surface area contributed by atoms with Gasteiger partial charge in [-0.2, -0.15) is 0 Å². The second-order valence-electron chi connectivity index (χ2n) is 5.63. The van der Waals surface area contributed by atoms with Crippen molar-refractivity contribution in [3.8, 4) is 0 Å². The summed E-state index contributed by atoms with van der Waals surface area (Å²) in [5, 5.41) is 0.975. The number of sulfonamides is 1. The van der Waals surface area contributed by atoms with E-state index in [9.17, 15) is 13.2 Å². The average Bonchev–Trinajstić information content (AvgIpc) is 2.40. The van der Waals surface area contributed by atoms with Crippen LogP contribution >= 0.6 is 0 Å². The molecular weight excluding hydrogens is 300 g/mol. The normalized spacial score (nSPS) is 12.0. The van der Waals surface area contributed by atoms with Crippen LogP contribution in [0.25, 0.3) is 10.9 Å².